The molecule has 0 bridgehead atoms. The van der Waals surface area contributed by atoms with Crippen molar-refractivity contribution in [2.75, 3.05) is 7.11 Å². The van der Waals surface area contributed by atoms with Gasteiger partial charge in [-0.2, -0.15) is 0 Å². The average molecular weight is 405 g/mol. The molecule has 7 heteroatoms. The number of aromatic nitrogens is 1. The van der Waals surface area contributed by atoms with Crippen molar-refractivity contribution in [1.82, 2.24) is 9.29 Å². The summed E-state index contributed by atoms with van der Waals surface area (Å²) < 4.78 is 35.7. The van der Waals surface area contributed by atoms with Crippen molar-refractivity contribution in [3.63, 3.8) is 0 Å². The molecule has 28 heavy (non-hydrogen) atoms. The Hall–Kier alpha value is -1.86. The van der Waals surface area contributed by atoms with E-state index in [-0.39, 0.29) is 23.7 Å². The Kier molecular flexibility index (Phi) is 5.47. The molecule has 0 saturated heterocycles. The lowest BCUT2D eigenvalue weighted by atomic mass is 10.0. The summed E-state index contributed by atoms with van der Waals surface area (Å²) in [5, 5.41) is 0.803. The highest BCUT2D eigenvalue weighted by Crippen LogP contribution is 2.32. The molecule has 152 valence electrons. The Morgan fingerprint density at radius 1 is 1.18 bits per heavy atom. The van der Waals surface area contributed by atoms with E-state index < -0.39 is 10.0 Å². The van der Waals surface area contributed by atoms with E-state index >= 15 is 0 Å². The molecule has 1 unspecified atom stereocenters. The van der Waals surface area contributed by atoms with Gasteiger partial charge in [-0.05, 0) is 37.3 Å². The Labute approximate surface area is 166 Å². The van der Waals surface area contributed by atoms with E-state index in [1.54, 1.807) is 0 Å². The molecule has 2 heterocycles. The molecule has 1 N–H and O–H groups in total. The summed E-state index contributed by atoms with van der Waals surface area (Å²) in [7, 11) is -1.89. The van der Waals surface area contributed by atoms with Crippen LogP contribution in [0.15, 0.2) is 24.3 Å². The maximum atomic E-state index is 12.8. The second-order valence-electron chi connectivity index (χ2n) is 7.96. The van der Waals surface area contributed by atoms with E-state index in [0.29, 0.717) is 6.54 Å². The summed E-state index contributed by atoms with van der Waals surface area (Å²) in [6.45, 7) is 0.600. The van der Waals surface area contributed by atoms with Crippen LogP contribution in [0.3, 0.4) is 0 Å². The van der Waals surface area contributed by atoms with Crippen molar-refractivity contribution in [3.05, 3.63) is 35.5 Å². The molecule has 2 aliphatic rings. The lowest BCUT2D eigenvalue weighted by molar-refractivity contribution is -0.139. The van der Waals surface area contributed by atoms with Gasteiger partial charge >= 0.3 is 5.97 Å². The van der Waals surface area contributed by atoms with E-state index in [0.717, 1.165) is 67.1 Å². The molecule has 1 aliphatic carbocycles. The molecule has 1 aromatic carbocycles. The quantitative estimate of drug-likeness (QED) is 0.778. The minimum atomic E-state index is -3.29. The first-order chi connectivity index (χ1) is 13.5. The van der Waals surface area contributed by atoms with Crippen molar-refractivity contribution in [2.45, 2.75) is 69.2 Å². The Bertz CT molecular complexity index is 974. The maximum Gasteiger partial charge on any atom is 0.310 e. The van der Waals surface area contributed by atoms with E-state index in [1.165, 1.54) is 7.11 Å². The molecule has 6 nitrogen and oxygen atoms in total. The van der Waals surface area contributed by atoms with Crippen LogP contribution in [0.5, 0.6) is 0 Å². The minimum Gasteiger partial charge on any atom is -0.469 e. The predicted molar refractivity (Wildman–Crippen MR) is 109 cm³/mol. The number of para-hydroxylation sites is 1. The number of fused-ring (bicyclic) bond motifs is 3. The first-order valence-electron chi connectivity index (χ1n) is 10.2. The highest BCUT2D eigenvalue weighted by Gasteiger charge is 2.32. The number of carbonyl (C=O) groups excluding carboxylic acids is 1. The molecule has 1 fully saturated rings. The molecule has 1 saturated carbocycles. The summed E-state index contributed by atoms with van der Waals surface area (Å²) in [5.41, 5.74) is 3.19. The van der Waals surface area contributed by atoms with E-state index in [4.69, 9.17) is 4.74 Å². The number of nitrogens with zero attached hydrogens (tertiary/aromatic N) is 1. The molecule has 4 rings (SSSR count). The Balaban J connectivity index is 1.60. The summed E-state index contributed by atoms with van der Waals surface area (Å²) >= 11 is 0. The van der Waals surface area contributed by atoms with Gasteiger partial charge in [-0.15, -0.1) is 0 Å². The third kappa shape index (κ3) is 3.70. The van der Waals surface area contributed by atoms with Crippen LogP contribution >= 0.6 is 0 Å². The number of methoxy groups -OCH3 is 1. The van der Waals surface area contributed by atoms with E-state index in [1.807, 2.05) is 24.3 Å². The fraction of sp³-hybridized carbons (Fsp3) is 0.571. The first-order valence-corrected chi connectivity index (χ1v) is 11.7. The third-order valence-electron chi connectivity index (χ3n) is 6.20. The maximum absolute atomic E-state index is 12.8. The highest BCUT2D eigenvalue weighted by atomic mass is 32.2. The van der Waals surface area contributed by atoms with Crippen molar-refractivity contribution < 1.29 is 17.9 Å². The number of sulfonamides is 1. The lowest BCUT2D eigenvalue weighted by Gasteiger charge is -2.29. The number of hydrogen-bond acceptors (Lipinski definition) is 4. The second kappa shape index (κ2) is 7.87. The van der Waals surface area contributed by atoms with E-state index in [2.05, 4.69) is 9.29 Å². The highest BCUT2D eigenvalue weighted by molar-refractivity contribution is 7.90. The minimum absolute atomic E-state index is 0.110. The van der Waals surface area contributed by atoms with Gasteiger partial charge in [0.15, 0.2) is 0 Å². The van der Waals surface area contributed by atoms with Crippen LogP contribution in [-0.2, 0) is 38.9 Å². The van der Waals surface area contributed by atoms with Crippen LogP contribution in [0.2, 0.25) is 0 Å². The Morgan fingerprint density at radius 3 is 2.68 bits per heavy atom. The van der Waals surface area contributed by atoms with Gasteiger partial charge in [0.2, 0.25) is 10.0 Å². The van der Waals surface area contributed by atoms with Crippen molar-refractivity contribution >= 4 is 26.9 Å². The topological polar surface area (TPSA) is 77.4 Å². The van der Waals surface area contributed by atoms with Crippen LogP contribution in [-0.4, -0.2) is 37.4 Å². The standard InChI is InChI=1S/C21H28N2O4S/c1-27-21(24)13-18-17-9-5-6-10-19(17)23-14-15(11-12-20(18)23)22-28(25,26)16-7-3-2-4-8-16/h5-6,9-10,15-16,22H,2-4,7-8,11-14H2,1H3. The molecular formula is C21H28N2O4S. The smallest absolute Gasteiger partial charge is 0.310 e. The van der Waals surface area contributed by atoms with Gasteiger partial charge in [0, 0.05) is 29.2 Å². The van der Waals surface area contributed by atoms with Gasteiger partial charge in [-0.1, -0.05) is 37.5 Å². The number of benzene rings is 1. The Morgan fingerprint density at radius 2 is 1.93 bits per heavy atom. The molecule has 1 aliphatic heterocycles. The predicted octanol–water partition coefficient (Wildman–Crippen LogP) is 2.92. The van der Waals surface area contributed by atoms with Gasteiger partial charge in [-0.3, -0.25) is 4.79 Å². The molecule has 1 aromatic heterocycles. The first kappa shape index (κ1) is 19.5. The number of carbonyl (C=O) groups is 1. The van der Waals surface area contributed by atoms with Crippen molar-refractivity contribution in [2.24, 2.45) is 0 Å². The zero-order valence-corrected chi connectivity index (χ0v) is 17.1. The SMILES string of the molecule is COC(=O)Cc1c2n(c3ccccc13)CC(NS(=O)(=O)C1CCCCC1)CC2. The van der Waals surface area contributed by atoms with Crippen LogP contribution in [0.25, 0.3) is 10.9 Å². The van der Waals surface area contributed by atoms with Crippen molar-refractivity contribution in [1.29, 1.82) is 0 Å². The molecule has 0 spiro atoms. The normalized spacial score (nSPS) is 20.8. The number of esters is 1. The third-order valence-corrected chi connectivity index (χ3v) is 8.21. The fourth-order valence-corrected chi connectivity index (χ4v) is 6.56. The largest absolute Gasteiger partial charge is 0.469 e. The van der Waals surface area contributed by atoms with Gasteiger partial charge in [0.1, 0.15) is 0 Å². The number of ether oxygens (including phenoxy) is 1. The molecule has 2 aromatic rings. The monoisotopic (exact) mass is 404 g/mol. The average Bonchev–Trinajstić information content (AvgIpc) is 3.01. The zero-order chi connectivity index (χ0) is 19.7. The van der Waals surface area contributed by atoms with Crippen molar-refractivity contribution in [3.8, 4) is 0 Å². The van der Waals surface area contributed by atoms with Crippen LogP contribution in [0.4, 0.5) is 0 Å². The second-order valence-corrected chi connectivity index (χ2v) is 9.96. The van der Waals surface area contributed by atoms with Crippen LogP contribution < -0.4 is 4.72 Å². The van der Waals surface area contributed by atoms with Gasteiger partial charge in [0.25, 0.3) is 0 Å². The number of nitrogens with one attached hydrogen (secondary N) is 1. The van der Waals surface area contributed by atoms with Crippen LogP contribution in [0.1, 0.15) is 49.8 Å². The molecule has 0 radical (unpaired) electrons. The van der Waals surface area contributed by atoms with Crippen LogP contribution in [0, 0.1) is 0 Å². The number of hydrogen-bond donors (Lipinski definition) is 1. The van der Waals surface area contributed by atoms with Gasteiger partial charge in [-0.25, -0.2) is 13.1 Å². The lowest BCUT2D eigenvalue weighted by Crippen LogP contribution is -2.45. The summed E-state index contributed by atoms with van der Waals surface area (Å²) in [6.07, 6.45) is 6.41. The van der Waals surface area contributed by atoms with Gasteiger partial charge in [0.05, 0.1) is 18.8 Å². The fourth-order valence-electron chi connectivity index (χ4n) is 4.76. The van der Waals surface area contributed by atoms with Gasteiger partial charge < -0.3 is 9.30 Å². The molecule has 1 atom stereocenters. The van der Waals surface area contributed by atoms with E-state index in [9.17, 15) is 13.2 Å². The summed E-state index contributed by atoms with van der Waals surface area (Å²) in [5.74, 6) is -0.251. The zero-order valence-electron chi connectivity index (χ0n) is 16.3. The summed E-state index contributed by atoms with van der Waals surface area (Å²) in [6, 6.07) is 7.91. The molecular weight excluding hydrogens is 376 g/mol. The number of rotatable bonds is 5. The summed E-state index contributed by atoms with van der Waals surface area (Å²) in [4.78, 5) is 11.9. The molecule has 0 amide bonds.